The third-order valence-electron chi connectivity index (χ3n) is 3.31. The number of thioether (sulfide) groups is 1. The van der Waals surface area contributed by atoms with E-state index in [-0.39, 0.29) is 18.0 Å². The molecule has 1 aromatic carbocycles. The molecule has 0 radical (unpaired) electrons. The maximum absolute atomic E-state index is 12.3. The Hall–Kier alpha value is -2.15. The molecule has 0 aliphatic carbocycles. The Labute approximate surface area is 132 Å². The third kappa shape index (κ3) is 3.04. The van der Waals surface area contributed by atoms with Crippen LogP contribution in [0.5, 0.6) is 11.5 Å². The molecule has 1 N–H and O–H groups in total. The largest absolute Gasteiger partial charge is 0.454 e. The van der Waals surface area contributed by atoms with Crippen LogP contribution in [0.25, 0.3) is 0 Å². The number of rotatable bonds is 5. The topological polar surface area (TPSA) is 65.4 Å². The highest BCUT2D eigenvalue weighted by molar-refractivity contribution is 8.00. The number of imidazole rings is 1. The second kappa shape index (κ2) is 6.31. The Bertz CT molecular complexity index is 686. The number of hydrogen-bond acceptors (Lipinski definition) is 5. The summed E-state index contributed by atoms with van der Waals surface area (Å²) in [5, 5.41) is 3.48. The molecule has 0 fully saturated rings. The minimum Gasteiger partial charge on any atom is -0.454 e. The molecule has 2 heterocycles. The molecule has 1 aliphatic heterocycles. The number of benzene rings is 1. The summed E-state index contributed by atoms with van der Waals surface area (Å²) in [5.41, 5.74) is 0.695. The lowest BCUT2D eigenvalue weighted by atomic mass is 10.2. The van der Waals surface area contributed by atoms with Crippen LogP contribution in [0.15, 0.2) is 35.7 Å². The summed E-state index contributed by atoms with van der Waals surface area (Å²) in [7, 11) is 0. The van der Waals surface area contributed by atoms with E-state index in [0.29, 0.717) is 17.2 Å². The van der Waals surface area contributed by atoms with Gasteiger partial charge < -0.3 is 19.4 Å². The minimum atomic E-state index is -0.252. The normalized spacial score (nSPS) is 13.9. The maximum atomic E-state index is 12.3. The lowest BCUT2D eigenvalue weighted by Crippen LogP contribution is -2.22. The number of fused-ring (bicyclic) bond motifs is 1. The Kier molecular flexibility index (Phi) is 4.24. The summed E-state index contributed by atoms with van der Waals surface area (Å²) in [6.07, 6.45) is 3.65. The third-order valence-corrected chi connectivity index (χ3v) is 4.43. The highest BCUT2D eigenvalue weighted by Gasteiger charge is 2.19. The van der Waals surface area contributed by atoms with Gasteiger partial charge in [0.2, 0.25) is 12.7 Å². The lowest BCUT2D eigenvalue weighted by Gasteiger charge is -2.12. The molecule has 1 aromatic heterocycles. The van der Waals surface area contributed by atoms with Gasteiger partial charge in [0.05, 0.1) is 5.25 Å². The van der Waals surface area contributed by atoms with Gasteiger partial charge >= 0.3 is 0 Å². The van der Waals surface area contributed by atoms with Gasteiger partial charge in [-0.3, -0.25) is 4.79 Å². The van der Waals surface area contributed by atoms with E-state index in [1.807, 2.05) is 24.6 Å². The minimum absolute atomic E-state index is 0.0745. The smallest absolute Gasteiger partial charge is 0.237 e. The van der Waals surface area contributed by atoms with Crippen molar-refractivity contribution in [1.29, 1.82) is 0 Å². The quantitative estimate of drug-likeness (QED) is 0.859. The summed E-state index contributed by atoms with van der Waals surface area (Å²) in [6, 6.07) is 5.36. The number of carbonyl (C=O) groups is 1. The molecule has 1 amide bonds. The summed E-state index contributed by atoms with van der Waals surface area (Å²) in [6.45, 7) is 4.96. The van der Waals surface area contributed by atoms with Crippen LogP contribution < -0.4 is 14.8 Å². The molecular weight excluding hydrogens is 302 g/mol. The van der Waals surface area contributed by atoms with Crippen LogP contribution in [0.3, 0.4) is 0 Å². The molecule has 0 spiro atoms. The van der Waals surface area contributed by atoms with E-state index in [0.717, 1.165) is 11.7 Å². The average molecular weight is 319 g/mol. The number of amides is 1. The fourth-order valence-corrected chi connectivity index (χ4v) is 3.01. The SMILES string of the molecule is CCn1ccnc1SC(C)C(=O)Nc1ccc2c(c1)OCO2. The monoisotopic (exact) mass is 319 g/mol. The molecule has 0 bridgehead atoms. The van der Waals surface area contributed by atoms with Gasteiger partial charge in [0.1, 0.15) is 0 Å². The summed E-state index contributed by atoms with van der Waals surface area (Å²) >= 11 is 1.44. The van der Waals surface area contributed by atoms with Crippen molar-refractivity contribution in [3.63, 3.8) is 0 Å². The molecule has 1 aliphatic rings. The van der Waals surface area contributed by atoms with Gasteiger partial charge in [-0.15, -0.1) is 0 Å². The van der Waals surface area contributed by atoms with E-state index in [9.17, 15) is 4.79 Å². The molecule has 7 heteroatoms. The summed E-state index contributed by atoms with van der Waals surface area (Å²) < 4.78 is 12.6. The number of aromatic nitrogens is 2. The van der Waals surface area contributed by atoms with Crippen LogP contribution >= 0.6 is 11.8 Å². The van der Waals surface area contributed by atoms with E-state index in [2.05, 4.69) is 10.3 Å². The number of anilines is 1. The van der Waals surface area contributed by atoms with Crippen molar-refractivity contribution < 1.29 is 14.3 Å². The van der Waals surface area contributed by atoms with E-state index >= 15 is 0 Å². The molecule has 1 unspecified atom stereocenters. The van der Waals surface area contributed by atoms with Gasteiger partial charge in [-0.2, -0.15) is 0 Å². The second-order valence-corrected chi connectivity index (χ2v) is 6.12. The standard InChI is InChI=1S/C15H17N3O3S/c1-3-18-7-6-16-15(18)22-10(2)14(19)17-11-4-5-12-13(8-11)21-9-20-12/h4-8,10H,3,9H2,1-2H3,(H,17,19). The van der Waals surface area contributed by atoms with Gasteiger partial charge in [-0.25, -0.2) is 4.98 Å². The first-order valence-electron chi connectivity index (χ1n) is 7.05. The molecular formula is C15H17N3O3S. The molecule has 2 aromatic rings. The van der Waals surface area contributed by atoms with Crippen molar-refractivity contribution in [3.05, 3.63) is 30.6 Å². The van der Waals surface area contributed by atoms with Crippen molar-refractivity contribution in [3.8, 4) is 11.5 Å². The molecule has 3 rings (SSSR count). The molecule has 116 valence electrons. The van der Waals surface area contributed by atoms with Gasteiger partial charge in [-0.1, -0.05) is 11.8 Å². The van der Waals surface area contributed by atoms with Gasteiger partial charge in [0.15, 0.2) is 16.7 Å². The highest BCUT2D eigenvalue weighted by atomic mass is 32.2. The van der Waals surface area contributed by atoms with Crippen molar-refractivity contribution in [2.24, 2.45) is 0 Å². The van der Waals surface area contributed by atoms with Crippen LogP contribution in [0, 0.1) is 0 Å². The highest BCUT2D eigenvalue weighted by Crippen LogP contribution is 2.34. The van der Waals surface area contributed by atoms with Crippen LogP contribution in [0.1, 0.15) is 13.8 Å². The Morgan fingerprint density at radius 2 is 2.27 bits per heavy atom. The lowest BCUT2D eigenvalue weighted by molar-refractivity contribution is -0.115. The first kappa shape index (κ1) is 14.8. The molecule has 22 heavy (non-hydrogen) atoms. The predicted molar refractivity (Wildman–Crippen MR) is 84.4 cm³/mol. The Morgan fingerprint density at radius 1 is 1.45 bits per heavy atom. The van der Waals surface area contributed by atoms with Crippen molar-refractivity contribution in [1.82, 2.24) is 9.55 Å². The maximum Gasteiger partial charge on any atom is 0.237 e. The zero-order valence-electron chi connectivity index (χ0n) is 12.4. The molecule has 0 saturated heterocycles. The number of carbonyl (C=O) groups excluding carboxylic acids is 1. The van der Waals surface area contributed by atoms with E-state index in [1.165, 1.54) is 11.8 Å². The first-order chi connectivity index (χ1) is 10.7. The number of nitrogens with zero attached hydrogens (tertiary/aromatic N) is 2. The predicted octanol–water partition coefficient (Wildman–Crippen LogP) is 2.75. The Morgan fingerprint density at radius 3 is 3.09 bits per heavy atom. The number of nitrogens with one attached hydrogen (secondary N) is 1. The summed E-state index contributed by atoms with van der Waals surface area (Å²) in [4.78, 5) is 16.6. The number of hydrogen-bond donors (Lipinski definition) is 1. The van der Waals surface area contributed by atoms with E-state index < -0.39 is 0 Å². The van der Waals surface area contributed by atoms with Gasteiger partial charge in [0.25, 0.3) is 0 Å². The Balaban J connectivity index is 1.64. The van der Waals surface area contributed by atoms with Crippen molar-refractivity contribution in [2.75, 3.05) is 12.1 Å². The van der Waals surface area contributed by atoms with Crippen molar-refractivity contribution in [2.45, 2.75) is 30.8 Å². The van der Waals surface area contributed by atoms with Gasteiger partial charge in [-0.05, 0) is 26.0 Å². The van der Waals surface area contributed by atoms with Gasteiger partial charge in [0, 0.05) is 30.7 Å². The fourth-order valence-electron chi connectivity index (χ4n) is 2.08. The number of aryl methyl sites for hydroxylation is 1. The van der Waals surface area contributed by atoms with Crippen LogP contribution in [0.2, 0.25) is 0 Å². The van der Waals surface area contributed by atoms with E-state index in [1.54, 1.807) is 24.4 Å². The molecule has 0 saturated carbocycles. The first-order valence-corrected chi connectivity index (χ1v) is 7.93. The average Bonchev–Trinajstić information content (AvgIpc) is 3.15. The zero-order chi connectivity index (χ0) is 15.5. The second-order valence-electron chi connectivity index (χ2n) is 4.81. The summed E-state index contributed by atoms with van der Waals surface area (Å²) in [5.74, 6) is 1.28. The fraction of sp³-hybridized carbons (Fsp3) is 0.333. The molecule has 1 atom stereocenters. The van der Waals surface area contributed by atoms with E-state index in [4.69, 9.17) is 9.47 Å². The van der Waals surface area contributed by atoms with Crippen LogP contribution in [0.4, 0.5) is 5.69 Å². The molecule has 6 nitrogen and oxygen atoms in total. The van der Waals surface area contributed by atoms with Crippen LogP contribution in [-0.4, -0.2) is 27.5 Å². The van der Waals surface area contributed by atoms with Crippen LogP contribution in [-0.2, 0) is 11.3 Å². The zero-order valence-corrected chi connectivity index (χ0v) is 13.2. The van der Waals surface area contributed by atoms with Crippen molar-refractivity contribution >= 4 is 23.4 Å². The number of ether oxygens (including phenoxy) is 2.